The van der Waals surface area contributed by atoms with E-state index in [0.29, 0.717) is 12.5 Å². The molecule has 2 heterocycles. The van der Waals surface area contributed by atoms with Crippen LogP contribution in [0.15, 0.2) is 48.5 Å². The zero-order valence-electron chi connectivity index (χ0n) is 16.6. The van der Waals surface area contributed by atoms with Crippen LogP contribution >= 0.6 is 11.3 Å². The molecule has 0 aliphatic carbocycles. The topological polar surface area (TPSA) is 36.4 Å². The molecule has 1 amide bonds. The number of benzene rings is 2. The number of para-hydroxylation sites is 1. The van der Waals surface area contributed by atoms with E-state index >= 15 is 0 Å². The van der Waals surface area contributed by atoms with Crippen molar-refractivity contribution in [3.05, 3.63) is 64.7 Å². The van der Waals surface area contributed by atoms with E-state index in [1.165, 1.54) is 20.8 Å². The van der Waals surface area contributed by atoms with Gasteiger partial charge < -0.3 is 4.90 Å². The Kier molecular flexibility index (Phi) is 5.74. The first-order valence-corrected chi connectivity index (χ1v) is 10.8. The Balaban J connectivity index is 1.36. The normalized spacial score (nSPS) is 17.4. The van der Waals surface area contributed by atoms with Crippen LogP contribution in [0.5, 0.6) is 0 Å². The lowest BCUT2D eigenvalue weighted by atomic mass is 9.98. The van der Waals surface area contributed by atoms with Crippen LogP contribution in [0.25, 0.3) is 10.2 Å². The summed E-state index contributed by atoms with van der Waals surface area (Å²) in [5.41, 5.74) is 3.58. The summed E-state index contributed by atoms with van der Waals surface area (Å²) >= 11 is 1.77. The molecule has 146 valence electrons. The van der Waals surface area contributed by atoms with Crippen molar-refractivity contribution in [2.75, 3.05) is 26.7 Å². The first-order chi connectivity index (χ1) is 13.6. The van der Waals surface area contributed by atoms with E-state index in [1.54, 1.807) is 11.3 Å². The summed E-state index contributed by atoms with van der Waals surface area (Å²) in [6.07, 6.45) is 2.16. The minimum atomic E-state index is 0.223. The van der Waals surface area contributed by atoms with Crippen LogP contribution in [0.3, 0.4) is 0 Å². The molecule has 1 aromatic heterocycles. The highest BCUT2D eigenvalue weighted by Crippen LogP contribution is 2.33. The maximum atomic E-state index is 12.9. The van der Waals surface area contributed by atoms with Gasteiger partial charge in [-0.15, -0.1) is 11.3 Å². The molecule has 3 aromatic rings. The van der Waals surface area contributed by atoms with Gasteiger partial charge >= 0.3 is 0 Å². The van der Waals surface area contributed by atoms with Crippen molar-refractivity contribution in [2.24, 2.45) is 0 Å². The zero-order chi connectivity index (χ0) is 19.5. The first-order valence-electron chi connectivity index (χ1n) is 9.96. The van der Waals surface area contributed by atoms with Crippen molar-refractivity contribution >= 4 is 27.5 Å². The summed E-state index contributed by atoms with van der Waals surface area (Å²) in [5.74, 6) is 0.581. The van der Waals surface area contributed by atoms with Crippen molar-refractivity contribution in [3.8, 4) is 0 Å². The number of thiazole rings is 1. The number of fused-ring (bicyclic) bond motifs is 1. The predicted molar refractivity (Wildman–Crippen MR) is 116 cm³/mol. The highest BCUT2D eigenvalue weighted by atomic mass is 32.1. The number of nitrogens with zero attached hydrogens (tertiary/aromatic N) is 3. The van der Waals surface area contributed by atoms with Gasteiger partial charge in [0, 0.05) is 25.6 Å². The average molecular weight is 394 g/mol. The van der Waals surface area contributed by atoms with Crippen molar-refractivity contribution < 1.29 is 4.79 Å². The standard InChI is InChI=1S/C23H27N3OS/c1-17-9-11-18(12-10-17)14-25(2)16-22(27)26-13-5-6-19(15-26)23-24-20-7-3-4-8-21(20)28-23/h3-4,7-12,19H,5-6,13-16H2,1-2H3/t19-/m0/s1. The van der Waals surface area contributed by atoms with Gasteiger partial charge in [0.15, 0.2) is 0 Å². The van der Waals surface area contributed by atoms with Crippen LogP contribution in [0.4, 0.5) is 0 Å². The molecule has 0 saturated carbocycles. The molecule has 0 spiro atoms. The number of hydrogen-bond acceptors (Lipinski definition) is 4. The van der Waals surface area contributed by atoms with E-state index in [2.05, 4.69) is 54.3 Å². The predicted octanol–water partition coefficient (Wildman–Crippen LogP) is 4.44. The number of carbonyl (C=O) groups is 1. The second kappa shape index (κ2) is 8.41. The molecule has 0 unspecified atom stereocenters. The molecule has 1 aliphatic heterocycles. The van der Waals surface area contributed by atoms with E-state index < -0.39 is 0 Å². The number of likely N-dealkylation sites (N-methyl/N-ethyl adjacent to an activating group) is 1. The van der Waals surface area contributed by atoms with Crippen molar-refractivity contribution in [3.63, 3.8) is 0 Å². The summed E-state index contributed by atoms with van der Waals surface area (Å²) in [5, 5.41) is 1.17. The number of aryl methyl sites for hydroxylation is 1. The van der Waals surface area contributed by atoms with E-state index in [1.807, 2.05) is 18.0 Å². The Bertz CT molecular complexity index is 917. The Morgan fingerprint density at radius 2 is 2.00 bits per heavy atom. The number of aromatic nitrogens is 1. The number of likely N-dealkylation sites (tertiary alicyclic amines) is 1. The molecule has 0 N–H and O–H groups in total. The minimum Gasteiger partial charge on any atom is -0.341 e. The molecular formula is C23H27N3OS. The fourth-order valence-electron chi connectivity index (χ4n) is 3.86. The summed E-state index contributed by atoms with van der Waals surface area (Å²) in [6.45, 7) is 4.99. The highest BCUT2D eigenvalue weighted by molar-refractivity contribution is 7.18. The lowest BCUT2D eigenvalue weighted by Gasteiger charge is -2.33. The average Bonchev–Trinajstić information content (AvgIpc) is 3.14. The Morgan fingerprint density at radius 3 is 2.79 bits per heavy atom. The second-order valence-electron chi connectivity index (χ2n) is 7.86. The van der Waals surface area contributed by atoms with E-state index in [9.17, 15) is 4.79 Å². The number of hydrogen-bond donors (Lipinski definition) is 0. The van der Waals surface area contributed by atoms with Crippen LogP contribution < -0.4 is 0 Å². The van der Waals surface area contributed by atoms with Crippen LogP contribution in [-0.4, -0.2) is 47.4 Å². The van der Waals surface area contributed by atoms with Crippen LogP contribution in [0, 0.1) is 6.92 Å². The molecule has 4 nitrogen and oxygen atoms in total. The SMILES string of the molecule is Cc1ccc(CN(C)CC(=O)N2CCC[C@H](c3nc4ccccc4s3)C2)cc1. The first kappa shape index (κ1) is 19.1. The van der Waals surface area contributed by atoms with Gasteiger partial charge in [0.1, 0.15) is 0 Å². The van der Waals surface area contributed by atoms with Gasteiger partial charge in [0.25, 0.3) is 0 Å². The second-order valence-corrected chi connectivity index (χ2v) is 8.92. The minimum absolute atomic E-state index is 0.223. The van der Waals surface area contributed by atoms with Crippen molar-refractivity contribution in [1.82, 2.24) is 14.8 Å². The van der Waals surface area contributed by atoms with E-state index in [4.69, 9.17) is 4.98 Å². The molecule has 0 radical (unpaired) electrons. The van der Waals surface area contributed by atoms with Gasteiger partial charge in [0.2, 0.25) is 5.91 Å². The quantitative estimate of drug-likeness (QED) is 0.643. The molecular weight excluding hydrogens is 366 g/mol. The smallest absolute Gasteiger partial charge is 0.236 e. The zero-order valence-corrected chi connectivity index (χ0v) is 17.4. The number of carbonyl (C=O) groups excluding carboxylic acids is 1. The third kappa shape index (κ3) is 4.42. The highest BCUT2D eigenvalue weighted by Gasteiger charge is 2.27. The van der Waals surface area contributed by atoms with Gasteiger partial charge in [-0.05, 0) is 44.5 Å². The Morgan fingerprint density at radius 1 is 1.21 bits per heavy atom. The van der Waals surface area contributed by atoms with E-state index in [-0.39, 0.29) is 5.91 Å². The molecule has 2 aromatic carbocycles. The molecule has 1 atom stereocenters. The maximum absolute atomic E-state index is 12.9. The summed E-state index contributed by atoms with van der Waals surface area (Å²) < 4.78 is 1.23. The Hall–Kier alpha value is -2.24. The molecule has 4 rings (SSSR count). The number of amides is 1. The molecule has 28 heavy (non-hydrogen) atoms. The van der Waals surface area contributed by atoms with Gasteiger partial charge in [0.05, 0.1) is 21.8 Å². The fourth-order valence-corrected chi connectivity index (χ4v) is 4.96. The van der Waals surface area contributed by atoms with Gasteiger partial charge in [-0.25, -0.2) is 4.98 Å². The fraction of sp³-hybridized carbons (Fsp3) is 0.391. The van der Waals surface area contributed by atoms with Gasteiger partial charge in [-0.2, -0.15) is 0 Å². The summed E-state index contributed by atoms with van der Waals surface area (Å²) in [7, 11) is 2.02. The third-order valence-electron chi connectivity index (χ3n) is 5.41. The lowest BCUT2D eigenvalue weighted by molar-refractivity contribution is -0.133. The summed E-state index contributed by atoms with van der Waals surface area (Å²) in [6, 6.07) is 16.8. The van der Waals surface area contributed by atoms with Crippen molar-refractivity contribution in [1.29, 1.82) is 0 Å². The van der Waals surface area contributed by atoms with Crippen molar-refractivity contribution in [2.45, 2.75) is 32.2 Å². The third-order valence-corrected chi connectivity index (χ3v) is 6.61. The molecule has 1 saturated heterocycles. The van der Waals surface area contributed by atoms with Gasteiger partial charge in [-0.1, -0.05) is 42.0 Å². The summed E-state index contributed by atoms with van der Waals surface area (Å²) in [4.78, 5) is 21.8. The molecule has 1 aliphatic rings. The van der Waals surface area contributed by atoms with Crippen LogP contribution in [0.2, 0.25) is 0 Å². The van der Waals surface area contributed by atoms with Crippen LogP contribution in [0.1, 0.15) is 34.9 Å². The monoisotopic (exact) mass is 393 g/mol. The van der Waals surface area contributed by atoms with Gasteiger partial charge in [-0.3, -0.25) is 9.69 Å². The Labute approximate surface area is 170 Å². The molecule has 0 bridgehead atoms. The number of rotatable bonds is 5. The maximum Gasteiger partial charge on any atom is 0.236 e. The number of piperidine rings is 1. The lowest BCUT2D eigenvalue weighted by Crippen LogP contribution is -2.43. The molecule has 5 heteroatoms. The largest absolute Gasteiger partial charge is 0.341 e. The van der Waals surface area contributed by atoms with E-state index in [0.717, 1.165) is 38.0 Å². The molecule has 1 fully saturated rings. The van der Waals surface area contributed by atoms with Crippen LogP contribution in [-0.2, 0) is 11.3 Å².